The fourth-order valence-corrected chi connectivity index (χ4v) is 2.77. The van der Waals surface area contributed by atoms with Crippen LogP contribution in [0, 0.1) is 17.1 Å². The molecule has 29 heavy (non-hydrogen) atoms. The fraction of sp³-hybridized carbons (Fsp3) is 0.211. The number of alkyl halides is 3. The number of carbonyl (C=O) groups is 1. The first-order valence-corrected chi connectivity index (χ1v) is 8.27. The number of rotatable bonds is 4. The first-order valence-electron chi connectivity index (χ1n) is 8.27. The summed E-state index contributed by atoms with van der Waals surface area (Å²) in [6.07, 6.45) is -3.42. The Hall–Kier alpha value is -3.45. The molecule has 1 amide bonds. The van der Waals surface area contributed by atoms with Crippen LogP contribution < -0.4 is 5.32 Å². The molecule has 0 bridgehead atoms. The normalized spacial score (nSPS) is 13.7. The Balaban J connectivity index is 1.83. The fourth-order valence-electron chi connectivity index (χ4n) is 2.77. The van der Waals surface area contributed by atoms with Gasteiger partial charge in [0.25, 0.3) is 5.91 Å². The Kier molecular flexibility index (Phi) is 5.02. The summed E-state index contributed by atoms with van der Waals surface area (Å²) >= 11 is 0. The molecule has 150 valence electrons. The van der Waals surface area contributed by atoms with Gasteiger partial charge in [0.15, 0.2) is 5.60 Å². The number of fused-ring (bicyclic) bond motifs is 1. The molecule has 3 rings (SSSR count). The van der Waals surface area contributed by atoms with E-state index in [0.717, 1.165) is 12.1 Å². The van der Waals surface area contributed by atoms with Crippen molar-refractivity contribution in [2.45, 2.75) is 25.2 Å². The topological polar surface area (TPSA) is 90.9 Å². The van der Waals surface area contributed by atoms with E-state index in [-0.39, 0.29) is 12.2 Å². The van der Waals surface area contributed by atoms with E-state index >= 15 is 0 Å². The minimum atomic E-state index is -4.78. The maximum Gasteiger partial charge on any atom is 0.417 e. The zero-order chi connectivity index (χ0) is 21.4. The molecule has 1 aromatic heterocycles. The highest BCUT2D eigenvalue weighted by molar-refractivity contribution is 5.97. The maximum absolute atomic E-state index is 13.3. The third-order valence-electron chi connectivity index (χ3n) is 4.25. The van der Waals surface area contributed by atoms with Gasteiger partial charge in [-0.2, -0.15) is 23.5 Å². The molecule has 10 heteroatoms. The Morgan fingerprint density at radius 3 is 2.66 bits per heavy atom. The minimum absolute atomic E-state index is 0.228. The number of nitriles is 1. The first-order chi connectivity index (χ1) is 13.5. The predicted molar refractivity (Wildman–Crippen MR) is 95.1 cm³/mol. The van der Waals surface area contributed by atoms with Crippen molar-refractivity contribution in [3.8, 4) is 6.07 Å². The Morgan fingerprint density at radius 1 is 1.28 bits per heavy atom. The second kappa shape index (κ2) is 7.18. The van der Waals surface area contributed by atoms with Crippen LogP contribution in [0.15, 0.2) is 42.6 Å². The Morgan fingerprint density at radius 2 is 2.00 bits per heavy atom. The van der Waals surface area contributed by atoms with E-state index < -0.39 is 34.6 Å². The van der Waals surface area contributed by atoms with Crippen molar-refractivity contribution in [1.82, 2.24) is 9.78 Å². The van der Waals surface area contributed by atoms with E-state index in [2.05, 4.69) is 10.4 Å². The minimum Gasteiger partial charge on any atom is -0.378 e. The van der Waals surface area contributed by atoms with Crippen LogP contribution in [-0.2, 0) is 17.5 Å². The third kappa shape index (κ3) is 4.20. The average Bonchev–Trinajstić information content (AvgIpc) is 3.02. The maximum atomic E-state index is 13.3. The number of nitrogens with zero attached hydrogens (tertiary/aromatic N) is 3. The molecular weight excluding hydrogens is 392 g/mol. The van der Waals surface area contributed by atoms with Crippen molar-refractivity contribution < 1.29 is 27.5 Å². The number of hydrogen-bond acceptors (Lipinski definition) is 4. The second-order valence-corrected chi connectivity index (χ2v) is 6.60. The number of hydrogen-bond donors (Lipinski definition) is 2. The van der Waals surface area contributed by atoms with Gasteiger partial charge in [-0.3, -0.25) is 9.48 Å². The summed E-state index contributed by atoms with van der Waals surface area (Å²) in [6, 6.07) is 8.00. The van der Waals surface area contributed by atoms with Crippen LogP contribution in [-0.4, -0.2) is 26.4 Å². The van der Waals surface area contributed by atoms with Gasteiger partial charge in [-0.05, 0) is 43.3 Å². The predicted octanol–water partition coefficient (Wildman–Crippen LogP) is 3.46. The van der Waals surface area contributed by atoms with E-state index in [0.29, 0.717) is 17.0 Å². The van der Waals surface area contributed by atoms with Crippen LogP contribution in [0.5, 0.6) is 0 Å². The van der Waals surface area contributed by atoms with E-state index in [4.69, 9.17) is 5.26 Å². The zero-order valence-electron chi connectivity index (χ0n) is 15.0. The summed E-state index contributed by atoms with van der Waals surface area (Å²) in [5, 5.41) is 26.0. The SMILES string of the molecule is CC(O)(Cn1ncc2cc(F)ccc21)C(=O)Nc1ccc(C#N)c(C(F)(F)F)c1. The largest absolute Gasteiger partial charge is 0.417 e. The van der Waals surface area contributed by atoms with Crippen LogP contribution in [0.1, 0.15) is 18.1 Å². The van der Waals surface area contributed by atoms with Gasteiger partial charge in [0, 0.05) is 11.1 Å². The number of amides is 1. The summed E-state index contributed by atoms with van der Waals surface area (Å²) in [6.45, 7) is 0.851. The molecule has 0 spiro atoms. The van der Waals surface area contributed by atoms with Gasteiger partial charge >= 0.3 is 6.18 Å². The smallest absolute Gasteiger partial charge is 0.378 e. The molecule has 0 saturated heterocycles. The molecule has 3 aromatic rings. The number of aliphatic hydroxyl groups is 1. The van der Waals surface area contributed by atoms with Crippen molar-refractivity contribution >= 4 is 22.5 Å². The van der Waals surface area contributed by atoms with Gasteiger partial charge in [0.1, 0.15) is 5.82 Å². The van der Waals surface area contributed by atoms with Crippen LogP contribution in [0.3, 0.4) is 0 Å². The van der Waals surface area contributed by atoms with Crippen molar-refractivity contribution in [2.75, 3.05) is 5.32 Å². The van der Waals surface area contributed by atoms with Crippen molar-refractivity contribution in [3.05, 3.63) is 59.5 Å². The van der Waals surface area contributed by atoms with Crippen LogP contribution in [0.25, 0.3) is 10.9 Å². The molecule has 1 unspecified atom stereocenters. The molecule has 0 radical (unpaired) electrons. The van der Waals surface area contributed by atoms with E-state index in [1.54, 1.807) is 0 Å². The second-order valence-electron chi connectivity index (χ2n) is 6.60. The third-order valence-corrected chi connectivity index (χ3v) is 4.25. The van der Waals surface area contributed by atoms with E-state index in [9.17, 15) is 27.5 Å². The number of halogens is 4. The van der Waals surface area contributed by atoms with Crippen LogP contribution in [0.2, 0.25) is 0 Å². The molecule has 0 aliphatic rings. The summed E-state index contributed by atoms with van der Waals surface area (Å²) in [7, 11) is 0. The van der Waals surface area contributed by atoms with Crippen molar-refractivity contribution in [3.63, 3.8) is 0 Å². The standard InChI is InChI=1S/C19H14F4N4O2/c1-18(29,10-27-16-5-3-13(20)6-12(16)9-25-27)17(28)26-14-4-2-11(8-24)15(7-14)19(21,22)23/h2-7,9,29H,10H2,1H3,(H,26,28). The number of carbonyl (C=O) groups excluding carboxylic acids is 1. The lowest BCUT2D eigenvalue weighted by molar-refractivity contribution is -0.138. The summed E-state index contributed by atoms with van der Waals surface area (Å²) in [5.41, 5.74) is -3.58. The van der Waals surface area contributed by atoms with Gasteiger partial charge in [-0.15, -0.1) is 0 Å². The van der Waals surface area contributed by atoms with Gasteiger partial charge in [0.2, 0.25) is 0 Å². The molecule has 6 nitrogen and oxygen atoms in total. The molecule has 1 atom stereocenters. The lowest BCUT2D eigenvalue weighted by Gasteiger charge is -2.23. The lowest BCUT2D eigenvalue weighted by Crippen LogP contribution is -2.44. The highest BCUT2D eigenvalue weighted by atomic mass is 19.4. The lowest BCUT2D eigenvalue weighted by atomic mass is 10.0. The molecule has 1 heterocycles. The van der Waals surface area contributed by atoms with Gasteiger partial charge in [-0.25, -0.2) is 4.39 Å². The molecule has 2 N–H and O–H groups in total. The molecule has 0 saturated carbocycles. The molecule has 0 aliphatic heterocycles. The Bertz CT molecular complexity index is 1130. The van der Waals surface area contributed by atoms with Crippen molar-refractivity contribution in [1.29, 1.82) is 5.26 Å². The number of benzene rings is 2. The van der Waals surface area contributed by atoms with E-state index in [1.807, 2.05) is 0 Å². The summed E-state index contributed by atoms with van der Waals surface area (Å²) < 4.78 is 53.8. The average molecular weight is 406 g/mol. The monoisotopic (exact) mass is 406 g/mol. The highest BCUT2D eigenvalue weighted by Gasteiger charge is 2.35. The summed E-state index contributed by atoms with van der Waals surface area (Å²) in [4.78, 5) is 12.5. The van der Waals surface area contributed by atoms with Crippen LogP contribution in [0.4, 0.5) is 23.2 Å². The molecule has 0 aliphatic carbocycles. The van der Waals surface area contributed by atoms with Crippen LogP contribution >= 0.6 is 0 Å². The molecule has 0 fully saturated rings. The number of aromatic nitrogens is 2. The van der Waals surface area contributed by atoms with Gasteiger partial charge in [0.05, 0.1) is 35.5 Å². The van der Waals surface area contributed by atoms with Gasteiger partial charge in [-0.1, -0.05) is 0 Å². The zero-order valence-corrected chi connectivity index (χ0v) is 15.0. The Labute approximate surface area is 162 Å². The highest BCUT2D eigenvalue weighted by Crippen LogP contribution is 2.33. The molecular formula is C19H14F4N4O2. The number of nitrogens with one attached hydrogen (secondary N) is 1. The first kappa shape index (κ1) is 20.3. The van der Waals surface area contributed by atoms with Gasteiger partial charge < -0.3 is 10.4 Å². The molecule has 2 aromatic carbocycles. The van der Waals surface area contributed by atoms with Crippen molar-refractivity contribution in [2.24, 2.45) is 0 Å². The number of anilines is 1. The quantitative estimate of drug-likeness (QED) is 0.650. The van der Waals surface area contributed by atoms with E-state index in [1.165, 1.54) is 42.1 Å². The summed E-state index contributed by atoms with van der Waals surface area (Å²) in [5.74, 6) is -1.44.